The van der Waals surface area contributed by atoms with Gasteiger partial charge in [0.25, 0.3) is 0 Å². The molecule has 5 rings (SSSR count). The molecular formula is C34H43F3N2O4. The van der Waals surface area contributed by atoms with E-state index in [9.17, 15) is 27.9 Å². The number of methoxy groups -OCH3 is 1. The second-order valence-electron chi connectivity index (χ2n) is 13.6. The van der Waals surface area contributed by atoms with Gasteiger partial charge in [-0.05, 0) is 54.4 Å². The van der Waals surface area contributed by atoms with Crippen LogP contribution in [0.5, 0.6) is 5.75 Å². The normalized spacial score (nSPS) is 25.9. The van der Waals surface area contributed by atoms with Crippen LogP contribution in [0.2, 0.25) is 0 Å². The maximum absolute atomic E-state index is 14.3. The molecule has 0 spiro atoms. The van der Waals surface area contributed by atoms with E-state index < -0.39 is 47.0 Å². The quantitative estimate of drug-likeness (QED) is 0.340. The molecule has 9 heteroatoms. The van der Waals surface area contributed by atoms with Gasteiger partial charge in [0.05, 0.1) is 18.6 Å². The van der Waals surface area contributed by atoms with Crippen molar-refractivity contribution >= 4 is 11.9 Å². The second kappa shape index (κ2) is 11.8. The number of carboxylic acid groups (broad SMARTS) is 1. The number of carbonyl (C=O) groups is 2. The van der Waals surface area contributed by atoms with Crippen molar-refractivity contribution in [2.75, 3.05) is 7.11 Å². The maximum atomic E-state index is 14.3. The number of likely N-dealkylation sites (tertiary alicyclic amines) is 1. The van der Waals surface area contributed by atoms with Gasteiger partial charge in [0, 0.05) is 30.0 Å². The third-order valence-electron chi connectivity index (χ3n) is 9.92. The lowest BCUT2D eigenvalue weighted by atomic mass is 9.72. The molecule has 234 valence electrons. The number of amides is 1. The Balaban J connectivity index is 1.57. The first-order valence-corrected chi connectivity index (χ1v) is 15.4. The Hall–Kier alpha value is -3.07. The Bertz CT molecular complexity index is 1310. The van der Waals surface area contributed by atoms with Crippen LogP contribution in [0.4, 0.5) is 13.2 Å². The van der Waals surface area contributed by atoms with Gasteiger partial charge in [-0.25, -0.2) is 4.79 Å². The summed E-state index contributed by atoms with van der Waals surface area (Å²) in [5, 5.41) is 14.2. The lowest BCUT2D eigenvalue weighted by Gasteiger charge is -2.36. The van der Waals surface area contributed by atoms with Crippen molar-refractivity contribution < 1.29 is 32.6 Å². The van der Waals surface area contributed by atoms with E-state index in [1.54, 1.807) is 17.0 Å². The van der Waals surface area contributed by atoms with E-state index in [0.29, 0.717) is 11.3 Å². The number of hydrogen-bond donors (Lipinski definition) is 2. The van der Waals surface area contributed by atoms with Gasteiger partial charge in [-0.15, -0.1) is 0 Å². The van der Waals surface area contributed by atoms with Gasteiger partial charge >= 0.3 is 12.1 Å². The van der Waals surface area contributed by atoms with Crippen molar-refractivity contribution in [3.63, 3.8) is 0 Å². The Morgan fingerprint density at radius 2 is 1.67 bits per heavy atom. The molecule has 0 bridgehead atoms. The van der Waals surface area contributed by atoms with E-state index in [1.165, 1.54) is 13.2 Å². The van der Waals surface area contributed by atoms with Gasteiger partial charge in [-0.1, -0.05) is 76.4 Å². The molecule has 1 amide bonds. The largest absolute Gasteiger partial charge is 0.496 e. The van der Waals surface area contributed by atoms with E-state index in [1.807, 2.05) is 51.1 Å². The van der Waals surface area contributed by atoms with Crippen LogP contribution in [0, 0.1) is 17.3 Å². The monoisotopic (exact) mass is 600 g/mol. The zero-order valence-corrected chi connectivity index (χ0v) is 25.4. The van der Waals surface area contributed by atoms with E-state index in [2.05, 4.69) is 5.32 Å². The minimum Gasteiger partial charge on any atom is -0.496 e. The predicted molar refractivity (Wildman–Crippen MR) is 158 cm³/mol. The number of nitrogens with one attached hydrogen (secondary N) is 1. The summed E-state index contributed by atoms with van der Waals surface area (Å²) in [6.45, 7) is 6.12. The Kier molecular flexibility index (Phi) is 8.60. The van der Waals surface area contributed by atoms with Crippen molar-refractivity contribution in [2.24, 2.45) is 17.3 Å². The number of benzene rings is 2. The number of nitrogens with zero attached hydrogens (tertiary/aromatic N) is 1. The van der Waals surface area contributed by atoms with Crippen molar-refractivity contribution in [2.45, 2.75) is 102 Å². The number of carboxylic acids is 1. The molecule has 2 saturated carbocycles. The molecule has 0 unspecified atom stereocenters. The Morgan fingerprint density at radius 3 is 2.21 bits per heavy atom. The van der Waals surface area contributed by atoms with E-state index in [4.69, 9.17) is 4.74 Å². The fraction of sp³-hybridized carbons (Fsp3) is 0.588. The first-order valence-electron chi connectivity index (χ1n) is 15.4. The molecular weight excluding hydrogens is 557 g/mol. The predicted octanol–water partition coefficient (Wildman–Crippen LogP) is 7.03. The molecule has 0 radical (unpaired) electrons. The van der Waals surface area contributed by atoms with Crippen LogP contribution >= 0.6 is 0 Å². The molecule has 43 heavy (non-hydrogen) atoms. The van der Waals surface area contributed by atoms with E-state index in [0.717, 1.165) is 37.7 Å². The fourth-order valence-corrected chi connectivity index (χ4v) is 7.59. The molecule has 2 aromatic carbocycles. The molecule has 3 aliphatic rings. The van der Waals surface area contributed by atoms with Crippen LogP contribution in [0.1, 0.15) is 88.4 Å². The molecule has 1 saturated heterocycles. The van der Waals surface area contributed by atoms with Crippen LogP contribution < -0.4 is 10.1 Å². The minimum atomic E-state index is -4.35. The molecule has 0 aromatic heterocycles. The zero-order chi connectivity index (χ0) is 31.2. The summed E-state index contributed by atoms with van der Waals surface area (Å²) in [6.07, 6.45) is 0.203. The van der Waals surface area contributed by atoms with Crippen molar-refractivity contribution in [3.8, 4) is 5.75 Å². The number of alkyl halides is 3. The van der Waals surface area contributed by atoms with Gasteiger partial charge in [0.2, 0.25) is 5.91 Å². The maximum Gasteiger partial charge on any atom is 0.398 e. The van der Waals surface area contributed by atoms with Gasteiger partial charge in [-0.3, -0.25) is 4.79 Å². The minimum absolute atomic E-state index is 0.0546. The smallest absolute Gasteiger partial charge is 0.398 e. The van der Waals surface area contributed by atoms with Crippen LogP contribution in [0.3, 0.4) is 0 Å². The standard InChI is InChI=1S/C34H43F3N2O4/c1-32(2,3)26-27(38-20-23-19-24(15-16-25(23)43-4)33(17-18-33)34(35,36)37)28(21-11-7-5-8-12-21)39(29(26)31(41)42)30(40)22-13-9-6-10-14-22/h5,7-8,11-12,15-16,19,22,26-29,38H,6,9-10,13-14,17-18,20H2,1-4H3,(H,41,42)/t26-,27-,28-,29-/m0/s1. The molecule has 3 fully saturated rings. The van der Waals surface area contributed by atoms with Crippen molar-refractivity contribution in [3.05, 3.63) is 65.2 Å². The fourth-order valence-electron chi connectivity index (χ4n) is 7.59. The summed E-state index contributed by atoms with van der Waals surface area (Å²) in [5.74, 6) is -1.42. The van der Waals surface area contributed by atoms with Gasteiger partial charge in [0.15, 0.2) is 0 Å². The van der Waals surface area contributed by atoms with E-state index in [-0.39, 0.29) is 36.8 Å². The van der Waals surface area contributed by atoms with Gasteiger partial charge in [-0.2, -0.15) is 13.2 Å². The highest BCUT2D eigenvalue weighted by atomic mass is 19.4. The molecule has 2 N–H and O–H groups in total. The first kappa shape index (κ1) is 31.4. The van der Waals surface area contributed by atoms with Gasteiger partial charge in [0.1, 0.15) is 11.8 Å². The molecule has 4 atom stereocenters. The van der Waals surface area contributed by atoms with Crippen molar-refractivity contribution in [1.29, 1.82) is 0 Å². The Morgan fingerprint density at radius 1 is 1.02 bits per heavy atom. The summed E-state index contributed by atoms with van der Waals surface area (Å²) in [6, 6.07) is 12.0. The highest BCUT2D eigenvalue weighted by Crippen LogP contribution is 2.59. The lowest BCUT2D eigenvalue weighted by Crippen LogP contribution is -2.49. The summed E-state index contributed by atoms with van der Waals surface area (Å²) in [7, 11) is 1.49. The average molecular weight is 601 g/mol. The number of rotatable bonds is 8. The van der Waals surface area contributed by atoms with Gasteiger partial charge < -0.3 is 20.1 Å². The van der Waals surface area contributed by atoms with Crippen LogP contribution in [0.15, 0.2) is 48.5 Å². The van der Waals surface area contributed by atoms with Crippen LogP contribution in [-0.4, -0.2) is 47.3 Å². The number of carbonyl (C=O) groups excluding carboxylic acids is 1. The van der Waals surface area contributed by atoms with Crippen LogP contribution in [0.25, 0.3) is 0 Å². The SMILES string of the molecule is COc1ccc(C2(C(F)(F)F)CC2)cc1CN[C@H]1[C@H](C(C)(C)C)[C@@H](C(=O)O)N(C(=O)C2CCCCC2)[C@H]1c1ccccc1. The number of aliphatic carboxylic acids is 1. The third-order valence-corrected chi connectivity index (χ3v) is 9.92. The molecule has 2 aromatic rings. The second-order valence-corrected chi connectivity index (χ2v) is 13.6. The average Bonchev–Trinajstić information content (AvgIpc) is 3.72. The summed E-state index contributed by atoms with van der Waals surface area (Å²) >= 11 is 0. The van der Waals surface area contributed by atoms with Crippen molar-refractivity contribution in [1.82, 2.24) is 10.2 Å². The lowest BCUT2D eigenvalue weighted by molar-refractivity contribution is -0.160. The highest BCUT2D eigenvalue weighted by molar-refractivity contribution is 5.87. The molecule has 1 aliphatic heterocycles. The first-order chi connectivity index (χ1) is 20.3. The number of halogens is 3. The summed E-state index contributed by atoms with van der Waals surface area (Å²) < 4.78 is 47.6. The number of hydrogen-bond acceptors (Lipinski definition) is 4. The molecule has 1 heterocycles. The number of ether oxygens (including phenoxy) is 1. The summed E-state index contributed by atoms with van der Waals surface area (Å²) in [5.41, 5.74) is -0.737. The summed E-state index contributed by atoms with van der Waals surface area (Å²) in [4.78, 5) is 28.9. The molecule has 2 aliphatic carbocycles. The molecule has 6 nitrogen and oxygen atoms in total. The Labute approximate surface area is 252 Å². The highest BCUT2D eigenvalue weighted by Gasteiger charge is 2.64. The van der Waals surface area contributed by atoms with Crippen LogP contribution in [-0.2, 0) is 21.5 Å². The van der Waals surface area contributed by atoms with E-state index >= 15 is 0 Å². The third kappa shape index (κ3) is 5.89. The topological polar surface area (TPSA) is 78.9 Å². The zero-order valence-electron chi connectivity index (χ0n) is 25.4.